The molecule has 0 aliphatic heterocycles. The molecule has 0 radical (unpaired) electrons. The molecule has 6 nitrogen and oxygen atoms in total. The summed E-state index contributed by atoms with van der Waals surface area (Å²) in [6.07, 6.45) is 7.75. The van der Waals surface area contributed by atoms with Crippen molar-refractivity contribution in [2.24, 2.45) is 4.99 Å². The second-order valence-electron chi connectivity index (χ2n) is 6.62. The Bertz CT molecular complexity index is 629. The fourth-order valence-electron chi connectivity index (χ4n) is 2.76. The Labute approximate surface area is 180 Å². The van der Waals surface area contributed by atoms with Gasteiger partial charge in [0.2, 0.25) is 0 Å². The van der Waals surface area contributed by atoms with Gasteiger partial charge >= 0.3 is 0 Å². The predicted molar refractivity (Wildman–Crippen MR) is 124 cm³/mol. The molecule has 0 fully saturated rings. The van der Waals surface area contributed by atoms with Gasteiger partial charge in [-0.3, -0.25) is 9.89 Å². The molecule has 1 aromatic carbocycles. The van der Waals surface area contributed by atoms with Crippen LogP contribution in [0.3, 0.4) is 0 Å². The smallest absolute Gasteiger partial charge is 0.190 e. The number of hydrogen-bond donors (Lipinski definition) is 2. The molecule has 2 rings (SSSR count). The largest absolute Gasteiger partial charge is 0.356 e. The van der Waals surface area contributed by atoms with E-state index < -0.39 is 0 Å². The minimum Gasteiger partial charge on any atom is -0.356 e. The lowest BCUT2D eigenvalue weighted by atomic mass is 10.1. The number of aryl methyl sites for hydroxylation is 1. The molecular weight excluding hydrogens is 451 g/mol. The average Bonchev–Trinajstić information content (AvgIpc) is 3.17. The van der Waals surface area contributed by atoms with E-state index in [0.29, 0.717) is 6.04 Å². The number of nitrogens with one attached hydrogen (secondary N) is 2. The number of benzene rings is 1. The summed E-state index contributed by atoms with van der Waals surface area (Å²) in [6, 6.07) is 11.1. The summed E-state index contributed by atoms with van der Waals surface area (Å²) in [6.45, 7) is 6.00. The van der Waals surface area contributed by atoms with E-state index in [9.17, 15) is 0 Å². The Morgan fingerprint density at radius 1 is 1.22 bits per heavy atom. The predicted octanol–water partition coefficient (Wildman–Crippen LogP) is 2.97. The number of halogens is 1. The van der Waals surface area contributed by atoms with Crippen molar-refractivity contribution < 1.29 is 0 Å². The molecule has 0 bridgehead atoms. The van der Waals surface area contributed by atoms with E-state index in [4.69, 9.17) is 0 Å². The lowest BCUT2D eigenvalue weighted by Gasteiger charge is -2.25. The van der Waals surface area contributed by atoms with Crippen LogP contribution in [0, 0.1) is 0 Å². The van der Waals surface area contributed by atoms with Gasteiger partial charge in [0.25, 0.3) is 0 Å². The lowest BCUT2D eigenvalue weighted by Crippen LogP contribution is -2.40. The third-order valence-electron chi connectivity index (χ3n) is 4.55. The topological polar surface area (TPSA) is 57.5 Å². The molecule has 0 amide bonds. The summed E-state index contributed by atoms with van der Waals surface area (Å²) in [7, 11) is 4.00. The van der Waals surface area contributed by atoms with Gasteiger partial charge in [-0.15, -0.1) is 24.0 Å². The summed E-state index contributed by atoms with van der Waals surface area (Å²) >= 11 is 0. The molecule has 1 heterocycles. The Hall–Kier alpha value is -1.61. The van der Waals surface area contributed by atoms with Gasteiger partial charge in [0.1, 0.15) is 0 Å². The minimum absolute atomic E-state index is 0. The van der Waals surface area contributed by atoms with Crippen LogP contribution in [0.1, 0.15) is 25.3 Å². The molecule has 0 spiro atoms. The standard InChI is InChI=1S/C20H32N6.HI/c1-18(25(3)16-19-8-5-4-6-9-19)10-12-24-20(21-2)23-11-7-14-26-15-13-22-17-26;/h4-6,8-9,13,15,17-18H,7,10-12,14,16H2,1-3H3,(H2,21,23,24);1H. The number of rotatable bonds is 10. The highest BCUT2D eigenvalue weighted by atomic mass is 127. The molecule has 7 heteroatoms. The van der Waals surface area contributed by atoms with Gasteiger partial charge in [0, 0.05) is 51.7 Å². The van der Waals surface area contributed by atoms with Crippen LogP contribution >= 0.6 is 24.0 Å². The maximum Gasteiger partial charge on any atom is 0.190 e. The van der Waals surface area contributed by atoms with Gasteiger partial charge in [-0.25, -0.2) is 4.98 Å². The van der Waals surface area contributed by atoms with Gasteiger partial charge < -0.3 is 15.2 Å². The third-order valence-corrected chi connectivity index (χ3v) is 4.55. The Morgan fingerprint density at radius 3 is 2.63 bits per heavy atom. The zero-order valence-electron chi connectivity index (χ0n) is 16.6. The molecule has 0 aliphatic rings. The van der Waals surface area contributed by atoms with Crippen LogP contribution in [0.5, 0.6) is 0 Å². The van der Waals surface area contributed by atoms with Gasteiger partial charge in [-0.2, -0.15) is 0 Å². The fourth-order valence-corrected chi connectivity index (χ4v) is 2.76. The highest BCUT2D eigenvalue weighted by Gasteiger charge is 2.09. The third kappa shape index (κ3) is 9.23. The summed E-state index contributed by atoms with van der Waals surface area (Å²) in [5, 5.41) is 6.77. The van der Waals surface area contributed by atoms with Crippen LogP contribution in [-0.2, 0) is 13.1 Å². The fraction of sp³-hybridized carbons (Fsp3) is 0.500. The first-order valence-corrected chi connectivity index (χ1v) is 9.33. The summed E-state index contributed by atoms with van der Waals surface area (Å²) in [5.74, 6) is 0.869. The maximum atomic E-state index is 4.29. The van der Waals surface area contributed by atoms with Crippen molar-refractivity contribution in [2.75, 3.05) is 27.2 Å². The van der Waals surface area contributed by atoms with E-state index in [2.05, 4.69) is 74.4 Å². The minimum atomic E-state index is 0. The monoisotopic (exact) mass is 484 g/mol. The van der Waals surface area contributed by atoms with Crippen LogP contribution in [0.25, 0.3) is 0 Å². The SMILES string of the molecule is CN=C(NCCCn1ccnc1)NCCC(C)N(C)Cc1ccccc1.I. The quantitative estimate of drug-likeness (QED) is 0.236. The van der Waals surface area contributed by atoms with Crippen molar-refractivity contribution in [3.05, 3.63) is 54.6 Å². The Balaban J connectivity index is 0.00000364. The molecule has 2 aromatic rings. The van der Waals surface area contributed by atoms with Crippen molar-refractivity contribution in [1.82, 2.24) is 25.1 Å². The number of aliphatic imine (C=N–C) groups is 1. The molecule has 0 saturated carbocycles. The number of nitrogens with zero attached hydrogens (tertiary/aromatic N) is 4. The number of guanidine groups is 1. The van der Waals surface area contributed by atoms with Gasteiger partial charge in [-0.1, -0.05) is 30.3 Å². The number of hydrogen-bond acceptors (Lipinski definition) is 3. The molecule has 27 heavy (non-hydrogen) atoms. The summed E-state index contributed by atoms with van der Waals surface area (Å²) in [4.78, 5) is 10.7. The second-order valence-corrected chi connectivity index (χ2v) is 6.62. The van der Waals surface area contributed by atoms with Gasteiger partial charge in [0.15, 0.2) is 5.96 Å². The Morgan fingerprint density at radius 2 is 1.96 bits per heavy atom. The number of imidazole rings is 1. The van der Waals surface area contributed by atoms with Crippen molar-refractivity contribution in [2.45, 2.75) is 38.9 Å². The first-order chi connectivity index (χ1) is 12.7. The van der Waals surface area contributed by atoms with Crippen molar-refractivity contribution in [1.29, 1.82) is 0 Å². The first kappa shape index (κ1) is 23.4. The average molecular weight is 484 g/mol. The van der Waals surface area contributed by atoms with Crippen LogP contribution in [0.15, 0.2) is 54.0 Å². The van der Waals surface area contributed by atoms with Crippen molar-refractivity contribution in [3.63, 3.8) is 0 Å². The molecular formula is C20H33IN6. The summed E-state index contributed by atoms with van der Waals surface area (Å²) in [5.41, 5.74) is 1.35. The van der Waals surface area contributed by atoms with E-state index >= 15 is 0 Å². The highest BCUT2D eigenvalue weighted by molar-refractivity contribution is 14.0. The molecule has 1 atom stereocenters. The molecule has 2 N–H and O–H groups in total. The zero-order valence-corrected chi connectivity index (χ0v) is 19.0. The van der Waals surface area contributed by atoms with Gasteiger partial charge in [-0.05, 0) is 32.4 Å². The van der Waals surface area contributed by atoms with Crippen LogP contribution in [-0.4, -0.2) is 53.6 Å². The van der Waals surface area contributed by atoms with Crippen molar-refractivity contribution in [3.8, 4) is 0 Å². The lowest BCUT2D eigenvalue weighted by molar-refractivity contribution is 0.238. The van der Waals surface area contributed by atoms with E-state index in [1.165, 1.54) is 5.56 Å². The summed E-state index contributed by atoms with van der Waals surface area (Å²) < 4.78 is 2.09. The molecule has 0 aliphatic carbocycles. The molecule has 150 valence electrons. The number of aromatic nitrogens is 2. The van der Waals surface area contributed by atoms with Crippen LogP contribution in [0.4, 0.5) is 0 Å². The second kappa shape index (κ2) is 13.5. The molecule has 1 unspecified atom stereocenters. The van der Waals surface area contributed by atoms with E-state index in [1.54, 1.807) is 0 Å². The van der Waals surface area contributed by atoms with Crippen molar-refractivity contribution >= 4 is 29.9 Å². The molecule has 1 aromatic heterocycles. The van der Waals surface area contributed by atoms with E-state index in [-0.39, 0.29) is 24.0 Å². The van der Waals surface area contributed by atoms with Crippen LogP contribution < -0.4 is 10.6 Å². The highest BCUT2D eigenvalue weighted by Crippen LogP contribution is 2.07. The maximum absolute atomic E-state index is 4.29. The zero-order chi connectivity index (χ0) is 18.6. The van der Waals surface area contributed by atoms with Crippen LogP contribution in [0.2, 0.25) is 0 Å². The normalized spacial score (nSPS) is 12.5. The van der Waals surface area contributed by atoms with E-state index in [1.807, 2.05) is 25.8 Å². The first-order valence-electron chi connectivity index (χ1n) is 9.33. The van der Waals surface area contributed by atoms with Gasteiger partial charge in [0.05, 0.1) is 6.33 Å². The molecule has 0 saturated heterocycles. The Kier molecular flexibility index (Phi) is 11.8. The van der Waals surface area contributed by atoms with E-state index in [0.717, 1.165) is 45.0 Å².